The minimum Gasteiger partial charge on any atom is -0.492 e. The van der Waals surface area contributed by atoms with Crippen molar-refractivity contribution in [3.8, 4) is 5.75 Å². The lowest BCUT2D eigenvalue weighted by Crippen LogP contribution is -2.25. The zero-order valence-corrected chi connectivity index (χ0v) is 19.4. The van der Waals surface area contributed by atoms with Crippen molar-refractivity contribution in [3.63, 3.8) is 0 Å². The van der Waals surface area contributed by atoms with E-state index in [1.165, 1.54) is 5.56 Å². The number of hydrogen-bond donors (Lipinski definition) is 0. The highest BCUT2D eigenvalue weighted by molar-refractivity contribution is 5.97. The molecule has 1 fully saturated rings. The van der Waals surface area contributed by atoms with Gasteiger partial charge in [0, 0.05) is 24.6 Å². The van der Waals surface area contributed by atoms with Gasteiger partial charge in [0.05, 0.1) is 17.6 Å². The monoisotopic (exact) mass is 439 g/mol. The number of carbonyl (C=O) groups excluding carboxylic acids is 1. The molecule has 4 aromatic rings. The highest BCUT2D eigenvalue weighted by Crippen LogP contribution is 2.34. The number of aromatic nitrogens is 2. The van der Waals surface area contributed by atoms with Crippen LogP contribution in [0.1, 0.15) is 34.9 Å². The standard InChI is InChI=1S/C28H29N3O2/c1-19-7-6-8-23(15-19)33-14-13-30-25-10-5-4-9-24(25)29-28(30)22-17-27(32)31(18-22)26-16-20(2)11-12-21(26)3/h4-12,15-16,22H,13-14,17-18H2,1-3H3. The summed E-state index contributed by atoms with van der Waals surface area (Å²) < 4.78 is 8.27. The van der Waals surface area contributed by atoms with Crippen LogP contribution in [0.2, 0.25) is 0 Å². The van der Waals surface area contributed by atoms with Crippen molar-refractivity contribution in [2.45, 2.75) is 39.7 Å². The van der Waals surface area contributed by atoms with Crippen LogP contribution in [0.25, 0.3) is 11.0 Å². The summed E-state index contributed by atoms with van der Waals surface area (Å²) in [6.45, 7) is 8.05. The minimum atomic E-state index is 0.0452. The molecular weight excluding hydrogens is 410 g/mol. The molecule has 0 saturated carbocycles. The van der Waals surface area contributed by atoms with Gasteiger partial charge in [0.1, 0.15) is 18.2 Å². The molecule has 3 aromatic carbocycles. The number of benzene rings is 3. The molecule has 1 aliphatic rings. The van der Waals surface area contributed by atoms with Crippen LogP contribution in [0, 0.1) is 20.8 Å². The van der Waals surface area contributed by atoms with Crippen molar-refractivity contribution in [2.24, 2.45) is 0 Å². The van der Waals surface area contributed by atoms with Crippen molar-refractivity contribution in [1.82, 2.24) is 9.55 Å². The van der Waals surface area contributed by atoms with Crippen molar-refractivity contribution in [1.29, 1.82) is 0 Å². The SMILES string of the molecule is Cc1cccc(OCCn2c(C3CC(=O)N(c4cc(C)ccc4C)C3)nc3ccccc32)c1. The third-order valence-corrected chi connectivity index (χ3v) is 6.40. The van der Waals surface area contributed by atoms with Crippen LogP contribution in [-0.4, -0.2) is 28.6 Å². The number of ether oxygens (including phenoxy) is 1. The molecular formula is C28H29N3O2. The van der Waals surface area contributed by atoms with Gasteiger partial charge in [0.15, 0.2) is 0 Å². The molecule has 1 aromatic heterocycles. The molecule has 0 N–H and O–H groups in total. The number of para-hydroxylation sites is 2. The summed E-state index contributed by atoms with van der Waals surface area (Å²) >= 11 is 0. The molecule has 33 heavy (non-hydrogen) atoms. The van der Waals surface area contributed by atoms with E-state index in [-0.39, 0.29) is 11.8 Å². The molecule has 0 aliphatic carbocycles. The van der Waals surface area contributed by atoms with Gasteiger partial charge in [-0.1, -0.05) is 36.4 Å². The Morgan fingerprint density at radius 1 is 0.970 bits per heavy atom. The Morgan fingerprint density at radius 2 is 1.79 bits per heavy atom. The Morgan fingerprint density at radius 3 is 2.64 bits per heavy atom. The molecule has 1 aliphatic heterocycles. The molecule has 1 saturated heterocycles. The average molecular weight is 440 g/mol. The zero-order chi connectivity index (χ0) is 22.9. The highest BCUT2D eigenvalue weighted by Gasteiger charge is 2.35. The molecule has 1 amide bonds. The molecule has 0 radical (unpaired) electrons. The summed E-state index contributed by atoms with van der Waals surface area (Å²) in [6, 6.07) is 22.6. The predicted molar refractivity (Wildman–Crippen MR) is 132 cm³/mol. The molecule has 0 spiro atoms. The number of rotatable bonds is 6. The Bertz CT molecular complexity index is 1320. The first-order valence-electron chi connectivity index (χ1n) is 11.5. The maximum Gasteiger partial charge on any atom is 0.227 e. The predicted octanol–water partition coefficient (Wildman–Crippen LogP) is 5.56. The number of anilines is 1. The Kier molecular flexibility index (Phi) is 5.63. The third-order valence-electron chi connectivity index (χ3n) is 6.40. The average Bonchev–Trinajstić information content (AvgIpc) is 3.36. The normalized spacial score (nSPS) is 16.0. The van der Waals surface area contributed by atoms with Gasteiger partial charge < -0.3 is 14.2 Å². The smallest absolute Gasteiger partial charge is 0.227 e. The molecule has 5 rings (SSSR count). The van der Waals surface area contributed by atoms with Crippen LogP contribution in [0.5, 0.6) is 5.75 Å². The second-order valence-electron chi connectivity index (χ2n) is 8.97. The summed E-state index contributed by atoms with van der Waals surface area (Å²) in [5.74, 6) is 2.04. The van der Waals surface area contributed by atoms with Gasteiger partial charge in [0.2, 0.25) is 5.91 Å². The largest absolute Gasteiger partial charge is 0.492 e. The molecule has 5 heteroatoms. The first kappa shape index (κ1) is 21.3. The second-order valence-corrected chi connectivity index (χ2v) is 8.97. The van der Waals surface area contributed by atoms with E-state index in [4.69, 9.17) is 9.72 Å². The van der Waals surface area contributed by atoms with Crippen LogP contribution in [0.3, 0.4) is 0 Å². The number of nitrogens with zero attached hydrogens (tertiary/aromatic N) is 3. The van der Waals surface area contributed by atoms with E-state index in [0.717, 1.165) is 39.4 Å². The van der Waals surface area contributed by atoms with E-state index in [1.54, 1.807) is 0 Å². The van der Waals surface area contributed by atoms with E-state index < -0.39 is 0 Å². The van der Waals surface area contributed by atoms with Crippen LogP contribution in [0.15, 0.2) is 66.7 Å². The third kappa shape index (κ3) is 4.23. The van der Waals surface area contributed by atoms with Crippen molar-refractivity contribution in [3.05, 3.63) is 89.2 Å². The summed E-state index contributed by atoms with van der Waals surface area (Å²) in [6.07, 6.45) is 0.468. The van der Waals surface area contributed by atoms with E-state index in [9.17, 15) is 4.79 Å². The summed E-state index contributed by atoms with van der Waals surface area (Å²) in [4.78, 5) is 19.9. The number of carbonyl (C=O) groups is 1. The quantitative estimate of drug-likeness (QED) is 0.395. The number of fused-ring (bicyclic) bond motifs is 1. The van der Waals surface area contributed by atoms with Gasteiger partial charge in [-0.3, -0.25) is 4.79 Å². The minimum absolute atomic E-state index is 0.0452. The van der Waals surface area contributed by atoms with E-state index >= 15 is 0 Å². The number of imidazole rings is 1. The molecule has 0 bridgehead atoms. The molecule has 1 unspecified atom stereocenters. The van der Waals surface area contributed by atoms with Crippen molar-refractivity contribution >= 4 is 22.6 Å². The maximum absolute atomic E-state index is 13.0. The Labute approximate surface area is 194 Å². The first-order chi connectivity index (χ1) is 16.0. The van der Waals surface area contributed by atoms with Crippen LogP contribution in [-0.2, 0) is 11.3 Å². The summed E-state index contributed by atoms with van der Waals surface area (Å²) in [5.41, 5.74) is 6.51. The number of amides is 1. The van der Waals surface area contributed by atoms with Crippen LogP contribution in [0.4, 0.5) is 5.69 Å². The van der Waals surface area contributed by atoms with E-state index in [1.807, 2.05) is 41.3 Å². The topological polar surface area (TPSA) is 47.4 Å². The number of hydrogen-bond acceptors (Lipinski definition) is 3. The van der Waals surface area contributed by atoms with Gasteiger partial charge >= 0.3 is 0 Å². The van der Waals surface area contributed by atoms with Gasteiger partial charge in [-0.15, -0.1) is 0 Å². The van der Waals surface area contributed by atoms with E-state index in [2.05, 4.69) is 55.7 Å². The maximum atomic E-state index is 13.0. The van der Waals surface area contributed by atoms with E-state index in [0.29, 0.717) is 26.1 Å². The summed E-state index contributed by atoms with van der Waals surface area (Å²) in [5, 5.41) is 0. The van der Waals surface area contributed by atoms with Crippen LogP contribution >= 0.6 is 0 Å². The fourth-order valence-electron chi connectivity index (χ4n) is 4.72. The van der Waals surface area contributed by atoms with Crippen LogP contribution < -0.4 is 9.64 Å². The fraction of sp³-hybridized carbons (Fsp3) is 0.286. The summed E-state index contributed by atoms with van der Waals surface area (Å²) in [7, 11) is 0. The van der Waals surface area contributed by atoms with Crippen molar-refractivity contribution < 1.29 is 9.53 Å². The second kappa shape index (κ2) is 8.74. The zero-order valence-electron chi connectivity index (χ0n) is 19.4. The van der Waals surface area contributed by atoms with Crippen molar-refractivity contribution in [2.75, 3.05) is 18.1 Å². The molecule has 5 nitrogen and oxygen atoms in total. The molecule has 1 atom stereocenters. The molecule has 168 valence electrons. The van der Waals surface area contributed by atoms with Gasteiger partial charge in [-0.25, -0.2) is 4.98 Å². The van der Waals surface area contributed by atoms with Gasteiger partial charge in [-0.05, 0) is 67.8 Å². The fourth-order valence-corrected chi connectivity index (χ4v) is 4.72. The lowest BCUT2D eigenvalue weighted by molar-refractivity contribution is -0.117. The number of aryl methyl sites for hydroxylation is 3. The van der Waals surface area contributed by atoms with Gasteiger partial charge in [0.25, 0.3) is 0 Å². The Hall–Kier alpha value is -3.60. The van der Waals surface area contributed by atoms with Gasteiger partial charge in [-0.2, -0.15) is 0 Å². The first-order valence-corrected chi connectivity index (χ1v) is 11.5. The highest BCUT2D eigenvalue weighted by atomic mass is 16.5. The lowest BCUT2D eigenvalue weighted by Gasteiger charge is -2.20. The molecule has 2 heterocycles. The Balaban J connectivity index is 1.42. The lowest BCUT2D eigenvalue weighted by atomic mass is 10.1.